The molecule has 0 unspecified atom stereocenters. The average molecular weight is 413 g/mol. The lowest BCUT2D eigenvalue weighted by atomic mass is 10.1. The molecule has 0 bridgehead atoms. The molecule has 1 aromatic heterocycles. The molecule has 0 aliphatic rings. The number of carbonyl (C=O) groups excluding carboxylic acids is 1. The molecule has 1 N–H and O–H groups in total. The molecular formula is C25H23N3O3. The number of amides is 1. The summed E-state index contributed by atoms with van der Waals surface area (Å²) in [6.45, 7) is 1.01. The van der Waals surface area contributed by atoms with Crippen LogP contribution in [0.2, 0.25) is 0 Å². The summed E-state index contributed by atoms with van der Waals surface area (Å²) in [5.74, 6) is 1.81. The van der Waals surface area contributed by atoms with Crippen LogP contribution in [0.1, 0.15) is 21.5 Å². The molecule has 0 aliphatic heterocycles. The fourth-order valence-corrected chi connectivity index (χ4v) is 3.12. The molecule has 0 spiro atoms. The summed E-state index contributed by atoms with van der Waals surface area (Å²) in [7, 11) is 1.63. The van der Waals surface area contributed by atoms with Gasteiger partial charge in [0.25, 0.3) is 5.91 Å². The van der Waals surface area contributed by atoms with Crippen LogP contribution in [0.25, 0.3) is 0 Å². The summed E-state index contributed by atoms with van der Waals surface area (Å²) in [5, 5.41) is 7.29. The molecule has 0 atom stereocenters. The zero-order valence-corrected chi connectivity index (χ0v) is 17.2. The second kappa shape index (κ2) is 9.63. The van der Waals surface area contributed by atoms with E-state index in [9.17, 15) is 4.79 Å². The summed E-state index contributed by atoms with van der Waals surface area (Å²) in [5.41, 5.74) is 2.60. The molecule has 4 aromatic rings. The number of carbonyl (C=O) groups is 1. The number of nitrogens with zero attached hydrogens (tertiary/aromatic N) is 2. The Morgan fingerprint density at radius 1 is 0.903 bits per heavy atom. The third-order valence-electron chi connectivity index (χ3n) is 4.72. The van der Waals surface area contributed by atoms with Gasteiger partial charge in [-0.05, 0) is 47.5 Å². The maximum atomic E-state index is 12.7. The molecule has 0 aliphatic carbocycles. The first-order valence-corrected chi connectivity index (χ1v) is 9.94. The monoisotopic (exact) mass is 413 g/mol. The highest BCUT2D eigenvalue weighted by Crippen LogP contribution is 2.19. The van der Waals surface area contributed by atoms with Gasteiger partial charge in [0.05, 0.1) is 13.7 Å². The van der Waals surface area contributed by atoms with Crippen molar-refractivity contribution in [3.05, 3.63) is 108 Å². The van der Waals surface area contributed by atoms with Crippen molar-refractivity contribution in [2.45, 2.75) is 13.2 Å². The van der Waals surface area contributed by atoms with Gasteiger partial charge in [0, 0.05) is 17.8 Å². The quantitative estimate of drug-likeness (QED) is 0.452. The highest BCUT2D eigenvalue weighted by Gasteiger charge is 2.09. The van der Waals surface area contributed by atoms with Crippen molar-refractivity contribution >= 4 is 11.7 Å². The van der Waals surface area contributed by atoms with E-state index < -0.39 is 0 Å². The first kappa shape index (κ1) is 20.2. The lowest BCUT2D eigenvalue weighted by Crippen LogP contribution is -2.13. The molecule has 0 saturated heterocycles. The molecule has 0 fully saturated rings. The number of methoxy groups -OCH3 is 1. The SMILES string of the molecule is COc1ccc(OCc2cccc(C(=O)Nc3ccn(Cc4ccccc4)n3)c2)cc1. The Morgan fingerprint density at radius 3 is 2.42 bits per heavy atom. The van der Waals surface area contributed by atoms with Crippen LogP contribution in [0.3, 0.4) is 0 Å². The zero-order chi connectivity index (χ0) is 21.5. The van der Waals surface area contributed by atoms with Crippen LogP contribution >= 0.6 is 0 Å². The Labute approximate surface area is 181 Å². The number of nitrogens with one attached hydrogen (secondary N) is 1. The van der Waals surface area contributed by atoms with Crippen molar-refractivity contribution in [2.24, 2.45) is 0 Å². The smallest absolute Gasteiger partial charge is 0.256 e. The van der Waals surface area contributed by atoms with Gasteiger partial charge >= 0.3 is 0 Å². The van der Waals surface area contributed by atoms with Crippen LogP contribution in [-0.2, 0) is 13.2 Å². The molecule has 1 amide bonds. The first-order valence-electron chi connectivity index (χ1n) is 9.94. The Bertz CT molecular complexity index is 1140. The van der Waals surface area contributed by atoms with Crippen LogP contribution in [0.4, 0.5) is 5.82 Å². The minimum atomic E-state index is -0.212. The van der Waals surface area contributed by atoms with Gasteiger partial charge in [-0.2, -0.15) is 5.10 Å². The van der Waals surface area contributed by atoms with E-state index in [1.807, 2.05) is 79.0 Å². The molecule has 0 radical (unpaired) electrons. The maximum absolute atomic E-state index is 12.7. The Balaban J connectivity index is 1.35. The van der Waals surface area contributed by atoms with Gasteiger partial charge in [0.2, 0.25) is 0 Å². The van der Waals surface area contributed by atoms with Crippen LogP contribution in [0.5, 0.6) is 11.5 Å². The van der Waals surface area contributed by atoms with Gasteiger partial charge in [-0.15, -0.1) is 0 Å². The minimum Gasteiger partial charge on any atom is -0.497 e. The van der Waals surface area contributed by atoms with E-state index in [0.29, 0.717) is 24.5 Å². The lowest BCUT2D eigenvalue weighted by Gasteiger charge is -2.09. The van der Waals surface area contributed by atoms with Crippen molar-refractivity contribution in [2.75, 3.05) is 12.4 Å². The van der Waals surface area contributed by atoms with E-state index in [4.69, 9.17) is 9.47 Å². The van der Waals surface area contributed by atoms with Crippen LogP contribution in [0.15, 0.2) is 91.1 Å². The zero-order valence-electron chi connectivity index (χ0n) is 17.2. The van der Waals surface area contributed by atoms with E-state index >= 15 is 0 Å². The van der Waals surface area contributed by atoms with Gasteiger partial charge in [-0.1, -0.05) is 42.5 Å². The second-order valence-corrected chi connectivity index (χ2v) is 7.00. The van der Waals surface area contributed by atoms with Crippen LogP contribution in [-0.4, -0.2) is 22.8 Å². The maximum Gasteiger partial charge on any atom is 0.256 e. The lowest BCUT2D eigenvalue weighted by molar-refractivity contribution is 0.102. The molecule has 1 heterocycles. The molecule has 156 valence electrons. The molecule has 0 saturated carbocycles. The fourth-order valence-electron chi connectivity index (χ4n) is 3.12. The highest BCUT2D eigenvalue weighted by atomic mass is 16.5. The number of ether oxygens (including phenoxy) is 2. The summed E-state index contributed by atoms with van der Waals surface area (Å²) >= 11 is 0. The topological polar surface area (TPSA) is 65.4 Å². The molecular weight excluding hydrogens is 390 g/mol. The summed E-state index contributed by atoms with van der Waals surface area (Å²) in [6.07, 6.45) is 1.85. The summed E-state index contributed by atoms with van der Waals surface area (Å²) < 4.78 is 12.7. The number of aromatic nitrogens is 2. The fraction of sp³-hybridized carbons (Fsp3) is 0.120. The Morgan fingerprint density at radius 2 is 1.65 bits per heavy atom. The number of hydrogen-bond donors (Lipinski definition) is 1. The number of rotatable bonds is 8. The predicted molar refractivity (Wildman–Crippen MR) is 119 cm³/mol. The van der Waals surface area contributed by atoms with Crippen molar-refractivity contribution < 1.29 is 14.3 Å². The molecule has 3 aromatic carbocycles. The van der Waals surface area contributed by atoms with Crippen molar-refractivity contribution in [3.8, 4) is 11.5 Å². The highest BCUT2D eigenvalue weighted by molar-refractivity contribution is 6.03. The standard InChI is InChI=1S/C25H23N3O3/c1-30-22-10-12-23(13-11-22)31-18-20-8-5-9-21(16-20)25(29)26-24-14-15-28(27-24)17-19-6-3-2-4-7-19/h2-16H,17-18H2,1H3,(H,26,27,29). The molecule has 6 nitrogen and oxygen atoms in total. The normalized spacial score (nSPS) is 10.5. The van der Waals surface area contributed by atoms with Gasteiger partial charge in [0.15, 0.2) is 5.82 Å². The van der Waals surface area contributed by atoms with Crippen molar-refractivity contribution in [1.29, 1.82) is 0 Å². The molecule has 4 rings (SSSR count). The van der Waals surface area contributed by atoms with Crippen LogP contribution in [0, 0.1) is 0 Å². The minimum absolute atomic E-state index is 0.212. The van der Waals surface area contributed by atoms with Gasteiger partial charge in [-0.3, -0.25) is 9.48 Å². The van der Waals surface area contributed by atoms with Crippen molar-refractivity contribution in [3.63, 3.8) is 0 Å². The van der Waals surface area contributed by atoms with Gasteiger partial charge in [-0.25, -0.2) is 0 Å². The van der Waals surface area contributed by atoms with E-state index in [0.717, 1.165) is 22.6 Å². The average Bonchev–Trinajstić information content (AvgIpc) is 3.25. The third kappa shape index (κ3) is 5.51. The van der Waals surface area contributed by atoms with E-state index in [1.54, 1.807) is 23.9 Å². The summed E-state index contributed by atoms with van der Waals surface area (Å²) in [6, 6.07) is 26.6. The number of hydrogen-bond acceptors (Lipinski definition) is 4. The van der Waals surface area contributed by atoms with E-state index in [2.05, 4.69) is 10.4 Å². The van der Waals surface area contributed by atoms with Gasteiger partial charge < -0.3 is 14.8 Å². The molecule has 31 heavy (non-hydrogen) atoms. The Kier molecular flexibility index (Phi) is 6.28. The van der Waals surface area contributed by atoms with Crippen molar-refractivity contribution in [1.82, 2.24) is 9.78 Å². The Hall–Kier alpha value is -4.06. The predicted octanol–water partition coefficient (Wildman–Crippen LogP) is 4.77. The number of anilines is 1. The largest absolute Gasteiger partial charge is 0.497 e. The van der Waals surface area contributed by atoms with E-state index in [-0.39, 0.29) is 5.91 Å². The summed E-state index contributed by atoms with van der Waals surface area (Å²) in [4.78, 5) is 12.7. The third-order valence-corrected chi connectivity index (χ3v) is 4.72. The number of benzene rings is 3. The van der Waals surface area contributed by atoms with Crippen LogP contribution < -0.4 is 14.8 Å². The van der Waals surface area contributed by atoms with Gasteiger partial charge in [0.1, 0.15) is 18.1 Å². The van der Waals surface area contributed by atoms with E-state index in [1.165, 1.54) is 0 Å². The first-order chi connectivity index (χ1) is 15.2. The second-order valence-electron chi connectivity index (χ2n) is 7.00. The molecule has 6 heteroatoms.